The van der Waals surface area contributed by atoms with Crippen molar-refractivity contribution in [1.29, 1.82) is 0 Å². The number of rotatable bonds is 8. The zero-order valence-corrected chi connectivity index (χ0v) is 14.2. The molecule has 7 nitrogen and oxygen atoms in total. The summed E-state index contributed by atoms with van der Waals surface area (Å²) in [5, 5.41) is 2.46. The van der Waals surface area contributed by atoms with Gasteiger partial charge in [-0.25, -0.2) is 9.78 Å². The maximum absolute atomic E-state index is 12.1. The van der Waals surface area contributed by atoms with Crippen LogP contribution < -0.4 is 5.32 Å². The molecule has 0 aliphatic rings. The number of thioether (sulfide) groups is 1. The number of ether oxygens (including phenoxy) is 2. The van der Waals surface area contributed by atoms with Crippen LogP contribution in [0, 0.1) is 0 Å². The highest BCUT2D eigenvalue weighted by molar-refractivity contribution is 7.98. The third-order valence-corrected chi connectivity index (χ3v) is 3.61. The van der Waals surface area contributed by atoms with Crippen LogP contribution in [0.1, 0.15) is 40.6 Å². The minimum absolute atomic E-state index is 0.145. The van der Waals surface area contributed by atoms with Gasteiger partial charge in [-0.15, -0.1) is 11.8 Å². The molecule has 0 aliphatic heterocycles. The Balaban J connectivity index is 2.68. The average molecular weight is 340 g/mol. The highest BCUT2D eigenvalue weighted by atomic mass is 32.2. The molecule has 126 valence electrons. The number of carbonyl (C=O) groups is 3. The summed E-state index contributed by atoms with van der Waals surface area (Å²) in [6.07, 6.45) is 4.73. The van der Waals surface area contributed by atoms with Gasteiger partial charge in [-0.3, -0.25) is 9.59 Å². The van der Waals surface area contributed by atoms with Crippen LogP contribution in [-0.2, 0) is 14.3 Å². The molecular weight excluding hydrogens is 320 g/mol. The Hall–Kier alpha value is -2.09. The molecule has 23 heavy (non-hydrogen) atoms. The predicted octanol–water partition coefficient (Wildman–Crippen LogP) is 1.66. The maximum atomic E-state index is 12.1. The van der Waals surface area contributed by atoms with E-state index in [4.69, 9.17) is 4.74 Å². The van der Waals surface area contributed by atoms with Gasteiger partial charge in [-0.2, -0.15) is 0 Å². The molecule has 0 spiro atoms. The van der Waals surface area contributed by atoms with Crippen LogP contribution >= 0.6 is 11.8 Å². The second-order valence-electron chi connectivity index (χ2n) is 4.52. The van der Waals surface area contributed by atoms with Crippen molar-refractivity contribution < 1.29 is 23.9 Å². The molecule has 0 bridgehead atoms. The van der Waals surface area contributed by atoms with Crippen LogP contribution in [0.5, 0.6) is 0 Å². The quantitative estimate of drug-likeness (QED) is 0.437. The molecule has 0 aliphatic carbocycles. The second-order valence-corrected chi connectivity index (χ2v) is 5.37. The fourth-order valence-corrected chi connectivity index (χ4v) is 2.20. The maximum Gasteiger partial charge on any atom is 0.339 e. The van der Waals surface area contributed by atoms with Crippen LogP contribution in [0.2, 0.25) is 0 Å². The Labute approximate surface area is 139 Å². The van der Waals surface area contributed by atoms with Crippen molar-refractivity contribution in [3.63, 3.8) is 0 Å². The highest BCUT2D eigenvalue weighted by Crippen LogP contribution is 2.20. The van der Waals surface area contributed by atoms with Crippen molar-refractivity contribution in [3.05, 3.63) is 23.5 Å². The molecule has 0 aromatic carbocycles. The Morgan fingerprint density at radius 1 is 1.35 bits per heavy atom. The van der Waals surface area contributed by atoms with Crippen LogP contribution in [0.15, 0.2) is 17.2 Å². The summed E-state index contributed by atoms with van der Waals surface area (Å²) in [5.41, 5.74) is 0.402. The van der Waals surface area contributed by atoms with Gasteiger partial charge in [0.25, 0.3) is 5.91 Å². The summed E-state index contributed by atoms with van der Waals surface area (Å²) < 4.78 is 9.56. The first kappa shape index (κ1) is 19.0. The summed E-state index contributed by atoms with van der Waals surface area (Å²) >= 11 is 1.27. The molecule has 1 amide bonds. The Morgan fingerprint density at radius 2 is 2.09 bits per heavy atom. The first-order valence-corrected chi connectivity index (χ1v) is 8.32. The van der Waals surface area contributed by atoms with E-state index < -0.39 is 17.8 Å². The molecule has 0 atom stereocenters. The first-order valence-electron chi connectivity index (χ1n) is 7.09. The lowest BCUT2D eigenvalue weighted by molar-refractivity contribution is -0.142. The van der Waals surface area contributed by atoms with Crippen LogP contribution in [0.4, 0.5) is 0 Å². The number of methoxy groups -OCH3 is 1. The lowest BCUT2D eigenvalue weighted by atomic mass is 10.2. The fourth-order valence-electron chi connectivity index (χ4n) is 1.62. The number of nitrogens with zero attached hydrogens (tertiary/aromatic N) is 1. The molecule has 0 radical (unpaired) electrons. The standard InChI is InChI=1S/C15H20N2O5S/c1-4-5-6-22-12(18)9-17-14(19)13-11(23-3)7-10(8-16-13)15(20)21-2/h7-8H,4-6,9H2,1-3H3,(H,17,19). The van der Waals surface area contributed by atoms with E-state index in [0.29, 0.717) is 11.5 Å². The van der Waals surface area contributed by atoms with E-state index in [1.807, 2.05) is 6.92 Å². The van der Waals surface area contributed by atoms with E-state index in [1.54, 1.807) is 6.26 Å². The third-order valence-electron chi connectivity index (χ3n) is 2.86. The molecule has 1 N–H and O–H groups in total. The van der Waals surface area contributed by atoms with Crippen molar-refractivity contribution in [1.82, 2.24) is 10.3 Å². The molecule has 1 heterocycles. The number of hydrogen-bond acceptors (Lipinski definition) is 7. The monoisotopic (exact) mass is 340 g/mol. The normalized spacial score (nSPS) is 10.0. The molecule has 0 fully saturated rings. The largest absolute Gasteiger partial charge is 0.465 e. The van der Waals surface area contributed by atoms with Crippen LogP contribution in [0.3, 0.4) is 0 Å². The molecule has 0 saturated heterocycles. The van der Waals surface area contributed by atoms with Gasteiger partial charge in [0, 0.05) is 11.1 Å². The summed E-state index contributed by atoms with van der Waals surface area (Å²) in [6.45, 7) is 2.10. The van der Waals surface area contributed by atoms with Gasteiger partial charge in [0.1, 0.15) is 12.2 Å². The van der Waals surface area contributed by atoms with E-state index >= 15 is 0 Å². The smallest absolute Gasteiger partial charge is 0.339 e. The van der Waals surface area contributed by atoms with Gasteiger partial charge in [0.15, 0.2) is 0 Å². The minimum atomic E-state index is -0.528. The van der Waals surface area contributed by atoms with E-state index in [9.17, 15) is 14.4 Å². The van der Waals surface area contributed by atoms with Gasteiger partial charge in [0.2, 0.25) is 0 Å². The van der Waals surface area contributed by atoms with Crippen LogP contribution in [-0.4, -0.2) is 49.3 Å². The van der Waals surface area contributed by atoms with Crippen molar-refractivity contribution in [2.24, 2.45) is 0 Å². The number of pyridine rings is 1. The summed E-state index contributed by atoms with van der Waals surface area (Å²) in [5.74, 6) is -1.53. The zero-order chi connectivity index (χ0) is 17.2. The van der Waals surface area contributed by atoms with E-state index in [1.165, 1.54) is 31.1 Å². The van der Waals surface area contributed by atoms with E-state index in [0.717, 1.165) is 12.8 Å². The number of nitrogens with one attached hydrogen (secondary N) is 1. The molecule has 1 aromatic heterocycles. The fraction of sp³-hybridized carbons (Fsp3) is 0.467. The lowest BCUT2D eigenvalue weighted by Gasteiger charge is -2.09. The van der Waals surface area contributed by atoms with Crippen molar-refractivity contribution in [3.8, 4) is 0 Å². The number of hydrogen-bond donors (Lipinski definition) is 1. The summed E-state index contributed by atoms with van der Waals surface area (Å²) in [7, 11) is 1.27. The third kappa shape index (κ3) is 5.90. The topological polar surface area (TPSA) is 94.6 Å². The van der Waals surface area contributed by atoms with Gasteiger partial charge < -0.3 is 14.8 Å². The predicted molar refractivity (Wildman–Crippen MR) is 85.6 cm³/mol. The van der Waals surface area contributed by atoms with Crippen molar-refractivity contribution >= 4 is 29.6 Å². The molecular formula is C15H20N2O5S. The highest BCUT2D eigenvalue weighted by Gasteiger charge is 2.17. The van der Waals surface area contributed by atoms with E-state index in [2.05, 4.69) is 15.0 Å². The molecule has 1 aromatic rings. The number of unbranched alkanes of at least 4 members (excludes halogenated alkanes) is 1. The van der Waals surface area contributed by atoms with Gasteiger partial charge >= 0.3 is 11.9 Å². The zero-order valence-electron chi connectivity index (χ0n) is 13.4. The number of aromatic nitrogens is 1. The molecule has 0 saturated carbocycles. The number of esters is 2. The Morgan fingerprint density at radius 3 is 2.70 bits per heavy atom. The second kappa shape index (κ2) is 9.83. The first-order chi connectivity index (χ1) is 11.0. The van der Waals surface area contributed by atoms with Gasteiger partial charge in [0.05, 0.1) is 19.3 Å². The average Bonchev–Trinajstić information content (AvgIpc) is 2.58. The molecule has 8 heteroatoms. The molecule has 0 unspecified atom stereocenters. The summed E-state index contributed by atoms with van der Waals surface area (Å²) in [4.78, 5) is 39.5. The number of amides is 1. The van der Waals surface area contributed by atoms with Gasteiger partial charge in [-0.1, -0.05) is 13.3 Å². The Bertz CT molecular complexity index is 577. The Kier molecular flexibility index (Phi) is 8.10. The summed E-state index contributed by atoms with van der Waals surface area (Å²) in [6, 6.07) is 1.53. The number of carbonyl (C=O) groups excluding carboxylic acids is 3. The van der Waals surface area contributed by atoms with E-state index in [-0.39, 0.29) is 17.8 Å². The van der Waals surface area contributed by atoms with Crippen molar-refractivity contribution in [2.75, 3.05) is 26.5 Å². The SMILES string of the molecule is CCCCOC(=O)CNC(=O)c1ncc(C(=O)OC)cc1SC. The molecule has 1 rings (SSSR count). The van der Waals surface area contributed by atoms with Crippen LogP contribution in [0.25, 0.3) is 0 Å². The van der Waals surface area contributed by atoms with Gasteiger partial charge in [-0.05, 0) is 18.7 Å². The van der Waals surface area contributed by atoms with Crippen molar-refractivity contribution in [2.45, 2.75) is 24.7 Å². The minimum Gasteiger partial charge on any atom is -0.465 e. The lowest BCUT2D eigenvalue weighted by Crippen LogP contribution is -2.31.